The summed E-state index contributed by atoms with van der Waals surface area (Å²) in [6.07, 6.45) is 0.430. The first-order chi connectivity index (χ1) is 10.1. The van der Waals surface area contributed by atoms with E-state index >= 15 is 0 Å². The number of rotatable bonds is 5. The van der Waals surface area contributed by atoms with Crippen molar-refractivity contribution in [3.63, 3.8) is 0 Å². The first-order valence-electron chi connectivity index (χ1n) is 6.46. The van der Waals surface area contributed by atoms with Crippen LogP contribution in [0.2, 0.25) is 0 Å². The van der Waals surface area contributed by atoms with Gasteiger partial charge < -0.3 is 10.1 Å². The molecule has 2 rings (SSSR count). The van der Waals surface area contributed by atoms with Gasteiger partial charge in [0.1, 0.15) is 5.75 Å². The number of amides is 1. The summed E-state index contributed by atoms with van der Waals surface area (Å²) >= 11 is 0. The zero-order valence-corrected chi connectivity index (χ0v) is 11.5. The van der Waals surface area contributed by atoms with Gasteiger partial charge >= 0.3 is 0 Å². The molecule has 0 spiro atoms. The molecule has 0 aliphatic rings. The van der Waals surface area contributed by atoms with Gasteiger partial charge in [0.15, 0.2) is 11.6 Å². The van der Waals surface area contributed by atoms with Gasteiger partial charge in [0.2, 0.25) is 0 Å². The van der Waals surface area contributed by atoms with Gasteiger partial charge in [0, 0.05) is 12.1 Å². The Labute approximate surface area is 121 Å². The van der Waals surface area contributed by atoms with Gasteiger partial charge in [-0.1, -0.05) is 6.07 Å². The Morgan fingerprint density at radius 1 is 1.10 bits per heavy atom. The number of carbonyl (C=O) groups excluding carboxylic acids is 1. The predicted molar refractivity (Wildman–Crippen MR) is 75.4 cm³/mol. The third-order valence-electron chi connectivity index (χ3n) is 3.04. The quantitative estimate of drug-likeness (QED) is 0.920. The second-order valence-corrected chi connectivity index (χ2v) is 4.48. The third-order valence-corrected chi connectivity index (χ3v) is 3.04. The van der Waals surface area contributed by atoms with Crippen molar-refractivity contribution in [2.45, 2.75) is 6.42 Å². The van der Waals surface area contributed by atoms with Gasteiger partial charge in [-0.15, -0.1) is 0 Å². The number of ether oxygens (including phenoxy) is 1. The Morgan fingerprint density at radius 2 is 1.81 bits per heavy atom. The van der Waals surface area contributed by atoms with E-state index in [0.29, 0.717) is 29.8 Å². The Bertz CT molecular complexity index is 627. The molecule has 0 heterocycles. The summed E-state index contributed by atoms with van der Waals surface area (Å²) < 4.78 is 30.8. The minimum atomic E-state index is -0.881. The fourth-order valence-electron chi connectivity index (χ4n) is 1.86. The molecule has 2 aromatic rings. The number of benzene rings is 2. The molecule has 1 amide bonds. The van der Waals surface area contributed by atoms with E-state index in [9.17, 15) is 13.6 Å². The van der Waals surface area contributed by atoms with Crippen LogP contribution in [-0.4, -0.2) is 19.6 Å². The van der Waals surface area contributed by atoms with Gasteiger partial charge in [0.25, 0.3) is 5.91 Å². The highest BCUT2D eigenvalue weighted by molar-refractivity contribution is 5.94. The molecule has 0 saturated carbocycles. The molecule has 0 fully saturated rings. The maximum absolute atomic E-state index is 13.0. The van der Waals surface area contributed by atoms with Crippen molar-refractivity contribution >= 4 is 5.91 Å². The minimum Gasteiger partial charge on any atom is -0.497 e. The number of carbonyl (C=O) groups is 1. The fourth-order valence-corrected chi connectivity index (χ4v) is 1.86. The lowest BCUT2D eigenvalue weighted by atomic mass is 10.1. The highest BCUT2D eigenvalue weighted by Gasteiger charge is 2.06. The van der Waals surface area contributed by atoms with Crippen molar-refractivity contribution < 1.29 is 18.3 Å². The molecule has 0 aromatic heterocycles. The average molecular weight is 291 g/mol. The molecule has 3 nitrogen and oxygen atoms in total. The molecule has 1 N–H and O–H groups in total. The number of methoxy groups -OCH3 is 1. The first kappa shape index (κ1) is 15.0. The van der Waals surface area contributed by atoms with Crippen LogP contribution < -0.4 is 10.1 Å². The molecule has 5 heteroatoms. The monoisotopic (exact) mass is 291 g/mol. The summed E-state index contributed by atoms with van der Waals surface area (Å²) in [5.41, 5.74) is 1.14. The van der Waals surface area contributed by atoms with Crippen LogP contribution in [0.5, 0.6) is 5.75 Å². The van der Waals surface area contributed by atoms with Crippen molar-refractivity contribution in [2.24, 2.45) is 0 Å². The van der Waals surface area contributed by atoms with E-state index < -0.39 is 11.6 Å². The number of hydrogen-bond donors (Lipinski definition) is 1. The van der Waals surface area contributed by atoms with Gasteiger partial charge in [-0.3, -0.25) is 4.79 Å². The van der Waals surface area contributed by atoms with Gasteiger partial charge in [-0.2, -0.15) is 0 Å². The minimum absolute atomic E-state index is 0.222. The number of nitrogens with one attached hydrogen (secondary N) is 1. The maximum atomic E-state index is 13.0. The molecule has 2 aromatic carbocycles. The highest BCUT2D eigenvalue weighted by Crippen LogP contribution is 2.11. The van der Waals surface area contributed by atoms with E-state index in [-0.39, 0.29) is 5.91 Å². The van der Waals surface area contributed by atoms with Crippen LogP contribution in [0, 0.1) is 11.6 Å². The Balaban J connectivity index is 1.87. The van der Waals surface area contributed by atoms with Gasteiger partial charge in [-0.25, -0.2) is 8.78 Å². The van der Waals surface area contributed by atoms with Gasteiger partial charge in [0.05, 0.1) is 7.11 Å². The van der Waals surface area contributed by atoms with Crippen molar-refractivity contribution in [3.8, 4) is 5.75 Å². The fraction of sp³-hybridized carbons (Fsp3) is 0.188. The molecule has 21 heavy (non-hydrogen) atoms. The molecular weight excluding hydrogens is 276 g/mol. The van der Waals surface area contributed by atoms with Crippen molar-refractivity contribution in [1.29, 1.82) is 0 Å². The standard InChI is InChI=1S/C16H15F2NO2/c1-21-13-5-3-12(4-6-13)16(20)19-9-8-11-2-7-14(17)15(18)10-11/h2-7,10H,8-9H2,1H3,(H,19,20). The van der Waals surface area contributed by atoms with Crippen LogP contribution in [0.3, 0.4) is 0 Å². The van der Waals surface area contributed by atoms with E-state index in [2.05, 4.69) is 5.32 Å². The first-order valence-corrected chi connectivity index (χ1v) is 6.46. The van der Waals surface area contributed by atoms with E-state index in [1.807, 2.05) is 0 Å². The molecule has 110 valence electrons. The van der Waals surface area contributed by atoms with Crippen LogP contribution in [-0.2, 0) is 6.42 Å². The normalized spacial score (nSPS) is 10.2. The van der Waals surface area contributed by atoms with Crippen LogP contribution in [0.15, 0.2) is 42.5 Å². The zero-order valence-electron chi connectivity index (χ0n) is 11.5. The summed E-state index contributed by atoms with van der Waals surface area (Å²) in [6, 6.07) is 10.4. The van der Waals surface area contributed by atoms with Crippen molar-refractivity contribution in [3.05, 3.63) is 65.2 Å². The lowest BCUT2D eigenvalue weighted by Gasteiger charge is -2.06. The summed E-state index contributed by atoms with van der Waals surface area (Å²) in [5, 5.41) is 2.72. The molecule has 0 radical (unpaired) electrons. The van der Waals surface area contributed by atoms with E-state index in [1.165, 1.54) is 6.07 Å². The van der Waals surface area contributed by atoms with Gasteiger partial charge in [-0.05, 0) is 48.4 Å². The summed E-state index contributed by atoms with van der Waals surface area (Å²) in [7, 11) is 1.55. The van der Waals surface area contributed by atoms with E-state index in [0.717, 1.165) is 12.1 Å². The topological polar surface area (TPSA) is 38.3 Å². The Hall–Kier alpha value is -2.43. The summed E-state index contributed by atoms with van der Waals surface area (Å²) in [4.78, 5) is 11.9. The Kier molecular flexibility index (Phi) is 4.87. The van der Waals surface area contributed by atoms with Crippen molar-refractivity contribution in [1.82, 2.24) is 5.32 Å². The van der Waals surface area contributed by atoms with Crippen molar-refractivity contribution in [2.75, 3.05) is 13.7 Å². The maximum Gasteiger partial charge on any atom is 0.251 e. The van der Waals surface area contributed by atoms with Crippen LogP contribution in [0.4, 0.5) is 8.78 Å². The van der Waals surface area contributed by atoms with E-state index in [1.54, 1.807) is 31.4 Å². The lowest BCUT2D eigenvalue weighted by molar-refractivity contribution is 0.0954. The molecule has 0 unspecified atom stereocenters. The average Bonchev–Trinajstić information content (AvgIpc) is 2.51. The second-order valence-electron chi connectivity index (χ2n) is 4.48. The van der Waals surface area contributed by atoms with Crippen LogP contribution >= 0.6 is 0 Å². The molecular formula is C16H15F2NO2. The summed E-state index contributed by atoms with van der Waals surface area (Å²) in [6.45, 7) is 0.343. The lowest BCUT2D eigenvalue weighted by Crippen LogP contribution is -2.25. The van der Waals surface area contributed by atoms with Crippen LogP contribution in [0.25, 0.3) is 0 Å². The third kappa shape index (κ3) is 4.02. The number of hydrogen-bond acceptors (Lipinski definition) is 2. The molecule has 0 aliphatic carbocycles. The SMILES string of the molecule is COc1ccc(C(=O)NCCc2ccc(F)c(F)c2)cc1. The van der Waals surface area contributed by atoms with E-state index in [4.69, 9.17) is 4.74 Å². The molecule has 0 aliphatic heterocycles. The summed E-state index contributed by atoms with van der Waals surface area (Å²) in [5.74, 6) is -1.30. The molecule has 0 bridgehead atoms. The zero-order chi connectivity index (χ0) is 15.2. The highest BCUT2D eigenvalue weighted by atomic mass is 19.2. The second kappa shape index (κ2) is 6.83. The number of halogens is 2. The molecule has 0 atom stereocenters. The smallest absolute Gasteiger partial charge is 0.251 e. The predicted octanol–water partition coefficient (Wildman–Crippen LogP) is 2.95. The molecule has 0 saturated heterocycles. The Morgan fingerprint density at radius 3 is 2.43 bits per heavy atom. The van der Waals surface area contributed by atoms with Crippen LogP contribution in [0.1, 0.15) is 15.9 Å². The largest absolute Gasteiger partial charge is 0.497 e.